The van der Waals surface area contributed by atoms with Crippen molar-refractivity contribution in [1.82, 2.24) is 15.0 Å². The molecule has 0 fully saturated rings. The molecule has 0 aliphatic carbocycles. The molecule has 0 unspecified atom stereocenters. The maximum Gasteiger partial charge on any atom is 0.329 e. The molecule has 1 aromatic heterocycles. The summed E-state index contributed by atoms with van der Waals surface area (Å²) in [6, 6.07) is 5.16. The van der Waals surface area contributed by atoms with Gasteiger partial charge in [0.2, 0.25) is 0 Å². The van der Waals surface area contributed by atoms with Crippen LogP contribution in [0.1, 0.15) is 0 Å². The Hall–Kier alpha value is -1.62. The number of rotatable bonds is 2. The number of methoxy groups -OCH3 is 1. The molecule has 2 rings (SSSR count). The molecule has 2 aromatic rings. The third-order valence-electron chi connectivity index (χ3n) is 1.88. The van der Waals surface area contributed by atoms with Gasteiger partial charge < -0.3 is 4.74 Å². The molecule has 0 saturated heterocycles. The summed E-state index contributed by atoms with van der Waals surface area (Å²) in [4.78, 5) is 12.3. The molecule has 1 heterocycles. The van der Waals surface area contributed by atoms with Crippen molar-refractivity contribution in [3.05, 3.63) is 23.2 Å². The van der Waals surface area contributed by atoms with Gasteiger partial charge in [-0.25, -0.2) is 4.79 Å². The van der Waals surface area contributed by atoms with Gasteiger partial charge in [-0.15, -0.1) is 0 Å². The van der Waals surface area contributed by atoms with Gasteiger partial charge >= 0.3 is 5.97 Å². The summed E-state index contributed by atoms with van der Waals surface area (Å²) in [7, 11) is 1.32. The number of esters is 1. The Morgan fingerprint density at radius 1 is 1.47 bits per heavy atom. The van der Waals surface area contributed by atoms with Crippen LogP contribution < -0.4 is 0 Å². The van der Waals surface area contributed by atoms with Crippen LogP contribution in [0.4, 0.5) is 0 Å². The molecule has 0 bridgehead atoms. The average molecular weight is 226 g/mol. The van der Waals surface area contributed by atoms with Gasteiger partial charge in [-0.3, -0.25) is 0 Å². The summed E-state index contributed by atoms with van der Waals surface area (Å²) in [6.45, 7) is 0.00278. The first-order valence-corrected chi connectivity index (χ1v) is 4.64. The van der Waals surface area contributed by atoms with E-state index in [1.165, 1.54) is 11.9 Å². The second kappa shape index (κ2) is 3.86. The molecule has 0 aliphatic heterocycles. The van der Waals surface area contributed by atoms with Gasteiger partial charge in [0.25, 0.3) is 0 Å². The zero-order chi connectivity index (χ0) is 10.8. The number of carbonyl (C=O) groups is 1. The summed E-state index contributed by atoms with van der Waals surface area (Å²) >= 11 is 5.79. The highest BCUT2D eigenvalue weighted by Gasteiger charge is 2.07. The predicted octanol–water partition coefficient (Wildman–Crippen LogP) is 1.26. The Labute approximate surface area is 90.6 Å². The molecule has 1 aromatic carbocycles. The number of hydrogen-bond donors (Lipinski definition) is 0. The Balaban J connectivity index is 2.34. The lowest BCUT2D eigenvalue weighted by Crippen LogP contribution is -2.13. The quantitative estimate of drug-likeness (QED) is 0.722. The highest BCUT2D eigenvalue weighted by atomic mass is 35.5. The molecule has 78 valence electrons. The SMILES string of the molecule is COC(=O)Cn1nc2ccc(Cl)cc2n1. The second-order valence-corrected chi connectivity index (χ2v) is 3.38. The van der Waals surface area contributed by atoms with Gasteiger partial charge in [-0.05, 0) is 18.2 Å². The van der Waals surface area contributed by atoms with Gasteiger partial charge in [0.15, 0.2) is 6.54 Å². The van der Waals surface area contributed by atoms with Gasteiger partial charge in [0.05, 0.1) is 7.11 Å². The van der Waals surface area contributed by atoms with Gasteiger partial charge in [0, 0.05) is 5.02 Å². The molecule has 0 N–H and O–H groups in total. The third-order valence-corrected chi connectivity index (χ3v) is 2.12. The molecular weight excluding hydrogens is 218 g/mol. The maximum absolute atomic E-state index is 11.0. The Kier molecular flexibility index (Phi) is 2.55. The van der Waals surface area contributed by atoms with E-state index < -0.39 is 0 Å². The van der Waals surface area contributed by atoms with Crippen LogP contribution in [-0.4, -0.2) is 28.1 Å². The van der Waals surface area contributed by atoms with Crippen molar-refractivity contribution >= 4 is 28.6 Å². The fourth-order valence-electron chi connectivity index (χ4n) is 1.18. The van der Waals surface area contributed by atoms with Crippen LogP contribution in [0.3, 0.4) is 0 Å². The summed E-state index contributed by atoms with van der Waals surface area (Å²) in [5.41, 5.74) is 1.36. The molecule has 0 amide bonds. The number of fused-ring (bicyclic) bond motifs is 1. The molecule has 0 radical (unpaired) electrons. The fraction of sp³-hybridized carbons (Fsp3) is 0.222. The molecular formula is C9H8ClN3O2. The number of carbonyl (C=O) groups excluding carboxylic acids is 1. The number of benzene rings is 1. The summed E-state index contributed by atoms with van der Waals surface area (Å²) in [5, 5.41) is 8.76. The number of halogens is 1. The summed E-state index contributed by atoms with van der Waals surface area (Å²) in [5.74, 6) is -0.388. The van der Waals surface area contributed by atoms with E-state index in [1.54, 1.807) is 18.2 Å². The molecule has 0 atom stereocenters. The van der Waals surface area contributed by atoms with Crippen molar-refractivity contribution in [2.24, 2.45) is 0 Å². The van der Waals surface area contributed by atoms with Crippen LogP contribution >= 0.6 is 11.6 Å². The van der Waals surface area contributed by atoms with Gasteiger partial charge in [0.1, 0.15) is 11.0 Å². The largest absolute Gasteiger partial charge is 0.468 e. The molecule has 0 spiro atoms. The second-order valence-electron chi connectivity index (χ2n) is 2.94. The van der Waals surface area contributed by atoms with E-state index in [0.29, 0.717) is 16.1 Å². The van der Waals surface area contributed by atoms with E-state index >= 15 is 0 Å². The van der Waals surface area contributed by atoms with Gasteiger partial charge in [-0.1, -0.05) is 11.6 Å². The highest BCUT2D eigenvalue weighted by molar-refractivity contribution is 6.31. The van der Waals surface area contributed by atoms with Crippen molar-refractivity contribution in [3.63, 3.8) is 0 Å². The van der Waals surface area contributed by atoms with Crippen LogP contribution in [0.2, 0.25) is 5.02 Å². The lowest BCUT2D eigenvalue weighted by atomic mass is 10.3. The van der Waals surface area contributed by atoms with Crippen molar-refractivity contribution in [1.29, 1.82) is 0 Å². The predicted molar refractivity (Wildman–Crippen MR) is 54.6 cm³/mol. The first-order chi connectivity index (χ1) is 7.19. The van der Waals surface area contributed by atoms with Crippen LogP contribution in [-0.2, 0) is 16.1 Å². The van der Waals surface area contributed by atoms with E-state index in [1.807, 2.05) is 0 Å². The minimum atomic E-state index is -0.388. The number of aromatic nitrogens is 3. The van der Waals surface area contributed by atoms with Crippen LogP contribution in [0, 0.1) is 0 Å². The summed E-state index contributed by atoms with van der Waals surface area (Å²) < 4.78 is 4.51. The lowest BCUT2D eigenvalue weighted by molar-refractivity contribution is -0.141. The van der Waals surface area contributed by atoms with Crippen LogP contribution in [0.5, 0.6) is 0 Å². The molecule has 6 heteroatoms. The molecule has 0 aliphatic rings. The number of hydrogen-bond acceptors (Lipinski definition) is 4. The Morgan fingerprint density at radius 3 is 2.93 bits per heavy atom. The van der Waals surface area contributed by atoms with Crippen molar-refractivity contribution < 1.29 is 9.53 Å². The first-order valence-electron chi connectivity index (χ1n) is 4.26. The first kappa shape index (κ1) is 9.92. The third kappa shape index (κ3) is 2.07. The van der Waals surface area contributed by atoms with E-state index in [-0.39, 0.29) is 12.5 Å². The standard InChI is InChI=1S/C9H8ClN3O2/c1-15-9(14)5-13-11-7-3-2-6(10)4-8(7)12-13/h2-4H,5H2,1H3. The van der Waals surface area contributed by atoms with E-state index in [4.69, 9.17) is 11.6 Å². The number of ether oxygens (including phenoxy) is 1. The Morgan fingerprint density at radius 2 is 2.20 bits per heavy atom. The fourth-order valence-corrected chi connectivity index (χ4v) is 1.35. The van der Waals surface area contributed by atoms with E-state index in [0.717, 1.165) is 0 Å². The topological polar surface area (TPSA) is 57.0 Å². The zero-order valence-electron chi connectivity index (χ0n) is 7.98. The normalized spacial score (nSPS) is 10.5. The number of nitrogens with zero attached hydrogens (tertiary/aromatic N) is 3. The molecule has 0 saturated carbocycles. The van der Waals surface area contributed by atoms with Gasteiger partial charge in [-0.2, -0.15) is 15.0 Å². The minimum Gasteiger partial charge on any atom is -0.468 e. The van der Waals surface area contributed by atoms with E-state index in [9.17, 15) is 4.79 Å². The van der Waals surface area contributed by atoms with Crippen LogP contribution in [0.15, 0.2) is 18.2 Å². The average Bonchev–Trinajstić information content (AvgIpc) is 2.59. The van der Waals surface area contributed by atoms with Crippen molar-refractivity contribution in [2.45, 2.75) is 6.54 Å². The van der Waals surface area contributed by atoms with E-state index in [2.05, 4.69) is 14.9 Å². The zero-order valence-corrected chi connectivity index (χ0v) is 8.73. The summed E-state index contributed by atoms with van der Waals surface area (Å²) in [6.07, 6.45) is 0. The highest BCUT2D eigenvalue weighted by Crippen LogP contribution is 2.15. The lowest BCUT2D eigenvalue weighted by Gasteiger charge is -1.95. The maximum atomic E-state index is 11.0. The minimum absolute atomic E-state index is 0.00278. The Bertz CT molecular complexity index is 509. The molecule has 5 nitrogen and oxygen atoms in total. The van der Waals surface area contributed by atoms with Crippen molar-refractivity contribution in [3.8, 4) is 0 Å². The molecule has 15 heavy (non-hydrogen) atoms. The van der Waals surface area contributed by atoms with Crippen molar-refractivity contribution in [2.75, 3.05) is 7.11 Å². The smallest absolute Gasteiger partial charge is 0.329 e. The van der Waals surface area contributed by atoms with Crippen LogP contribution in [0.25, 0.3) is 11.0 Å². The monoisotopic (exact) mass is 225 g/mol.